The summed E-state index contributed by atoms with van der Waals surface area (Å²) in [6.07, 6.45) is 1.66. The number of methoxy groups -OCH3 is 2. The van der Waals surface area contributed by atoms with E-state index < -0.39 is 5.63 Å². The number of aromatic nitrogens is 1. The highest BCUT2D eigenvalue weighted by atomic mass is 32.1. The van der Waals surface area contributed by atoms with Crippen molar-refractivity contribution < 1.29 is 13.9 Å². The Labute approximate surface area is 159 Å². The first-order valence-corrected chi connectivity index (χ1v) is 8.97. The van der Waals surface area contributed by atoms with E-state index in [1.165, 1.54) is 11.3 Å². The van der Waals surface area contributed by atoms with E-state index in [1.807, 2.05) is 30.3 Å². The van der Waals surface area contributed by atoms with Gasteiger partial charge in [0.05, 0.1) is 24.7 Å². The highest BCUT2D eigenvalue weighted by molar-refractivity contribution is 7.18. The lowest BCUT2D eigenvalue weighted by Gasteiger charge is -2.04. The number of thiazole rings is 1. The van der Waals surface area contributed by atoms with Gasteiger partial charge in [0.25, 0.3) is 0 Å². The number of rotatable bonds is 5. The van der Waals surface area contributed by atoms with Gasteiger partial charge in [0.1, 0.15) is 17.1 Å². The number of ether oxygens (including phenoxy) is 2. The maximum atomic E-state index is 12.4. The third-order valence-corrected chi connectivity index (χ3v) is 5.00. The van der Waals surface area contributed by atoms with Gasteiger partial charge in [-0.25, -0.2) is 9.78 Å². The van der Waals surface area contributed by atoms with Crippen LogP contribution in [0.4, 0.5) is 10.8 Å². The van der Waals surface area contributed by atoms with Crippen LogP contribution in [0.25, 0.3) is 21.4 Å². The first-order valence-electron chi connectivity index (χ1n) is 8.15. The number of nitrogens with one attached hydrogen (secondary N) is 1. The molecule has 0 aliphatic heterocycles. The SMILES string of the molecule is COc1ccc(Nc2ncc(-c3cc4cc(OC)ccc4oc3=O)s2)cc1. The standard InChI is InChI=1S/C20H16N2O4S/c1-24-14-5-3-13(4-6-14)22-20-21-11-18(27-20)16-10-12-9-15(25-2)7-8-17(12)26-19(16)23/h3-11H,1-2H3,(H,21,22). The summed E-state index contributed by atoms with van der Waals surface area (Å²) in [5.41, 5.74) is 1.47. The second-order valence-corrected chi connectivity index (χ2v) is 6.77. The van der Waals surface area contributed by atoms with E-state index in [1.54, 1.807) is 38.6 Å². The molecule has 2 aromatic heterocycles. The molecule has 0 saturated carbocycles. The number of benzene rings is 2. The van der Waals surface area contributed by atoms with Crippen LogP contribution in [0.2, 0.25) is 0 Å². The molecule has 0 saturated heterocycles. The second-order valence-electron chi connectivity index (χ2n) is 5.73. The van der Waals surface area contributed by atoms with Crippen molar-refractivity contribution >= 4 is 33.1 Å². The van der Waals surface area contributed by atoms with Crippen LogP contribution in [-0.2, 0) is 0 Å². The number of fused-ring (bicyclic) bond motifs is 1. The van der Waals surface area contributed by atoms with Gasteiger partial charge in [0.15, 0.2) is 5.13 Å². The summed E-state index contributed by atoms with van der Waals surface area (Å²) in [5, 5.41) is 4.69. The highest BCUT2D eigenvalue weighted by Crippen LogP contribution is 2.31. The number of hydrogen-bond acceptors (Lipinski definition) is 7. The summed E-state index contributed by atoms with van der Waals surface area (Å²) in [7, 11) is 3.22. The van der Waals surface area contributed by atoms with Crippen molar-refractivity contribution in [3.05, 3.63) is 65.1 Å². The molecule has 6 nitrogen and oxygen atoms in total. The van der Waals surface area contributed by atoms with Crippen LogP contribution in [0.5, 0.6) is 11.5 Å². The van der Waals surface area contributed by atoms with E-state index in [4.69, 9.17) is 13.9 Å². The van der Waals surface area contributed by atoms with Crippen LogP contribution in [-0.4, -0.2) is 19.2 Å². The average molecular weight is 380 g/mol. The molecule has 2 heterocycles. The molecule has 1 N–H and O–H groups in total. The molecule has 0 spiro atoms. The Balaban J connectivity index is 1.65. The van der Waals surface area contributed by atoms with Crippen molar-refractivity contribution in [1.82, 2.24) is 4.98 Å². The van der Waals surface area contributed by atoms with Gasteiger partial charge in [-0.1, -0.05) is 11.3 Å². The summed E-state index contributed by atoms with van der Waals surface area (Å²) in [4.78, 5) is 17.5. The lowest BCUT2D eigenvalue weighted by molar-refractivity contribution is 0.415. The van der Waals surface area contributed by atoms with Gasteiger partial charge < -0.3 is 19.2 Å². The predicted octanol–water partition coefficient (Wildman–Crippen LogP) is 4.68. The molecule has 136 valence electrons. The van der Waals surface area contributed by atoms with Gasteiger partial charge in [-0.05, 0) is 48.5 Å². The number of nitrogens with zero attached hydrogens (tertiary/aromatic N) is 1. The minimum absolute atomic E-state index is 0.396. The summed E-state index contributed by atoms with van der Waals surface area (Å²) in [5.74, 6) is 1.48. The summed E-state index contributed by atoms with van der Waals surface area (Å²) >= 11 is 1.38. The Hall–Kier alpha value is -3.32. The Morgan fingerprint density at radius 1 is 1.00 bits per heavy atom. The molecule has 4 aromatic rings. The van der Waals surface area contributed by atoms with E-state index in [2.05, 4.69) is 10.3 Å². The normalized spacial score (nSPS) is 10.7. The average Bonchev–Trinajstić information content (AvgIpc) is 3.16. The maximum Gasteiger partial charge on any atom is 0.345 e. The van der Waals surface area contributed by atoms with Gasteiger partial charge in [-0.3, -0.25) is 0 Å². The molecular weight excluding hydrogens is 364 g/mol. The molecule has 0 fully saturated rings. The van der Waals surface area contributed by atoms with E-state index in [0.717, 1.165) is 21.7 Å². The molecule has 27 heavy (non-hydrogen) atoms. The van der Waals surface area contributed by atoms with Gasteiger partial charge in [0.2, 0.25) is 0 Å². The van der Waals surface area contributed by atoms with Crippen LogP contribution < -0.4 is 20.4 Å². The molecule has 0 radical (unpaired) electrons. The fraction of sp³-hybridized carbons (Fsp3) is 0.100. The van der Waals surface area contributed by atoms with Crippen LogP contribution in [0, 0.1) is 0 Å². The fourth-order valence-electron chi connectivity index (χ4n) is 2.65. The second kappa shape index (κ2) is 7.13. The van der Waals surface area contributed by atoms with Crippen LogP contribution >= 0.6 is 11.3 Å². The number of hydrogen-bond donors (Lipinski definition) is 1. The van der Waals surface area contributed by atoms with Crippen LogP contribution in [0.3, 0.4) is 0 Å². The van der Waals surface area contributed by atoms with E-state index >= 15 is 0 Å². The van der Waals surface area contributed by atoms with E-state index in [-0.39, 0.29) is 0 Å². The molecule has 2 aromatic carbocycles. The molecule has 0 bridgehead atoms. The zero-order valence-corrected chi connectivity index (χ0v) is 15.5. The zero-order chi connectivity index (χ0) is 18.8. The van der Waals surface area contributed by atoms with Crippen molar-refractivity contribution in [2.45, 2.75) is 0 Å². The van der Waals surface area contributed by atoms with Crippen LogP contribution in [0.15, 0.2) is 63.9 Å². The van der Waals surface area contributed by atoms with Gasteiger partial charge in [0, 0.05) is 17.3 Å². The van der Waals surface area contributed by atoms with Crippen molar-refractivity contribution in [2.24, 2.45) is 0 Å². The largest absolute Gasteiger partial charge is 0.497 e. The minimum atomic E-state index is -0.396. The van der Waals surface area contributed by atoms with Gasteiger partial charge in [-0.2, -0.15) is 0 Å². The summed E-state index contributed by atoms with van der Waals surface area (Å²) in [6.45, 7) is 0. The highest BCUT2D eigenvalue weighted by Gasteiger charge is 2.12. The van der Waals surface area contributed by atoms with Crippen LogP contribution in [0.1, 0.15) is 0 Å². The van der Waals surface area contributed by atoms with E-state index in [9.17, 15) is 4.79 Å². The summed E-state index contributed by atoms with van der Waals surface area (Å²) in [6, 6.07) is 14.6. The van der Waals surface area contributed by atoms with E-state index in [0.29, 0.717) is 22.0 Å². The smallest absolute Gasteiger partial charge is 0.345 e. The molecular formula is C20H16N2O4S. The molecule has 0 aliphatic rings. The molecule has 7 heteroatoms. The summed E-state index contributed by atoms with van der Waals surface area (Å²) < 4.78 is 15.8. The molecule has 4 rings (SSSR count). The zero-order valence-electron chi connectivity index (χ0n) is 14.7. The quantitative estimate of drug-likeness (QED) is 0.507. The first kappa shape index (κ1) is 17.1. The molecule has 0 unspecified atom stereocenters. The van der Waals surface area contributed by atoms with Crippen molar-refractivity contribution in [3.8, 4) is 21.9 Å². The molecule has 0 aliphatic carbocycles. The lowest BCUT2D eigenvalue weighted by atomic mass is 10.1. The lowest BCUT2D eigenvalue weighted by Crippen LogP contribution is -2.01. The minimum Gasteiger partial charge on any atom is -0.497 e. The number of anilines is 2. The Morgan fingerprint density at radius 3 is 2.48 bits per heavy atom. The maximum absolute atomic E-state index is 12.4. The first-order chi connectivity index (χ1) is 13.2. The van der Waals surface area contributed by atoms with Crippen molar-refractivity contribution in [3.63, 3.8) is 0 Å². The van der Waals surface area contributed by atoms with Gasteiger partial charge in [-0.15, -0.1) is 0 Å². The molecule has 0 amide bonds. The Bertz CT molecular complexity index is 1150. The Kier molecular flexibility index (Phi) is 4.52. The third-order valence-electron chi connectivity index (χ3n) is 4.05. The third kappa shape index (κ3) is 3.50. The predicted molar refractivity (Wildman–Crippen MR) is 106 cm³/mol. The topological polar surface area (TPSA) is 73.6 Å². The monoisotopic (exact) mass is 380 g/mol. The van der Waals surface area contributed by atoms with Crippen molar-refractivity contribution in [1.29, 1.82) is 0 Å². The molecule has 0 atom stereocenters. The Morgan fingerprint density at radius 2 is 1.74 bits per heavy atom. The van der Waals surface area contributed by atoms with Gasteiger partial charge >= 0.3 is 5.63 Å². The fourth-order valence-corrected chi connectivity index (χ4v) is 3.49. The van der Waals surface area contributed by atoms with Crippen molar-refractivity contribution in [2.75, 3.05) is 19.5 Å².